The predicted octanol–water partition coefficient (Wildman–Crippen LogP) is 9.73. The Morgan fingerprint density at radius 3 is 1.80 bits per heavy atom. The number of fused-ring (bicyclic) bond motifs is 1. The van der Waals surface area contributed by atoms with Crippen LogP contribution in [0.25, 0.3) is 11.2 Å². The number of halogens is 1. The van der Waals surface area contributed by atoms with E-state index < -0.39 is 23.8 Å². The minimum atomic E-state index is -1.11. The van der Waals surface area contributed by atoms with Gasteiger partial charge in [-0.25, -0.2) is 4.98 Å². The van der Waals surface area contributed by atoms with E-state index in [1.807, 2.05) is 0 Å². The molecule has 0 spiro atoms. The highest BCUT2D eigenvalue weighted by Gasteiger charge is 2.51. The maximum absolute atomic E-state index is 14.2. The maximum Gasteiger partial charge on any atom is 0.312 e. The quantitative estimate of drug-likeness (QED) is 0.0523. The maximum atomic E-state index is 14.2. The largest absolute Gasteiger partial charge is 0.462 e. The topological polar surface area (TPSA) is 131 Å². The number of unbranched alkanes of at least 4 members (excludes halogenated alkanes) is 20. The molecule has 0 amide bonds. The van der Waals surface area contributed by atoms with E-state index in [9.17, 15) is 14.0 Å². The molecule has 50 heavy (non-hydrogen) atoms. The van der Waals surface area contributed by atoms with Gasteiger partial charge in [-0.1, -0.05) is 142 Å². The number of esters is 2. The summed E-state index contributed by atoms with van der Waals surface area (Å²) in [6, 6.07) is -0.578. The smallest absolute Gasteiger partial charge is 0.312 e. The van der Waals surface area contributed by atoms with Crippen LogP contribution in [0.2, 0.25) is 0 Å². The minimum Gasteiger partial charge on any atom is -0.462 e. The molecule has 0 radical (unpaired) electrons. The van der Waals surface area contributed by atoms with Crippen LogP contribution in [-0.4, -0.2) is 56.4 Å². The first kappa shape index (κ1) is 41.6. The van der Waals surface area contributed by atoms with E-state index >= 15 is 0 Å². The minimum absolute atomic E-state index is 0.0745. The van der Waals surface area contributed by atoms with E-state index in [0.717, 1.165) is 38.5 Å². The molecular formula is C39H66FN5O5. The normalized spacial score (nSPS) is 19.0. The Kier molecular flexibility index (Phi) is 19.6. The fourth-order valence-corrected chi connectivity index (χ4v) is 6.92. The van der Waals surface area contributed by atoms with Crippen molar-refractivity contribution in [3.63, 3.8) is 0 Å². The van der Waals surface area contributed by atoms with Crippen molar-refractivity contribution in [1.29, 1.82) is 0 Å². The van der Waals surface area contributed by atoms with Gasteiger partial charge in [0.25, 0.3) is 0 Å². The summed E-state index contributed by atoms with van der Waals surface area (Å²) >= 11 is 0. The molecule has 2 N–H and O–H groups in total. The number of rotatable bonds is 28. The van der Waals surface area contributed by atoms with Crippen molar-refractivity contribution < 1.29 is 28.2 Å². The van der Waals surface area contributed by atoms with Gasteiger partial charge in [-0.15, -0.1) is 0 Å². The summed E-state index contributed by atoms with van der Waals surface area (Å²) in [6.07, 6.45) is 26.6. The molecule has 10 nitrogen and oxygen atoms in total. The van der Waals surface area contributed by atoms with Crippen molar-refractivity contribution >= 4 is 28.9 Å². The summed E-state index contributed by atoms with van der Waals surface area (Å²) in [7, 11) is 0. The van der Waals surface area contributed by atoms with Crippen LogP contribution >= 0.6 is 0 Å². The number of nitrogen functional groups attached to an aromatic ring is 1. The van der Waals surface area contributed by atoms with Crippen LogP contribution in [0.15, 0.2) is 6.33 Å². The number of carbonyl (C=O) groups excluding carboxylic acids is 2. The Labute approximate surface area is 300 Å². The van der Waals surface area contributed by atoms with E-state index in [0.29, 0.717) is 6.42 Å². The van der Waals surface area contributed by atoms with Crippen LogP contribution in [0, 0.1) is 6.08 Å². The average molecular weight is 704 g/mol. The summed E-state index contributed by atoms with van der Waals surface area (Å²) in [5.74, 6) is -0.713. The zero-order chi connectivity index (χ0) is 36.0. The van der Waals surface area contributed by atoms with Gasteiger partial charge >= 0.3 is 18.0 Å². The highest BCUT2D eigenvalue weighted by atomic mass is 19.1. The lowest BCUT2D eigenvalue weighted by atomic mass is 9.96. The van der Waals surface area contributed by atoms with Gasteiger partial charge in [0.05, 0.1) is 19.0 Å². The van der Waals surface area contributed by atoms with E-state index in [1.165, 1.54) is 109 Å². The second-order valence-corrected chi connectivity index (χ2v) is 14.5. The van der Waals surface area contributed by atoms with Crippen LogP contribution in [0.1, 0.15) is 181 Å². The Bertz CT molecular complexity index is 1260. The first-order valence-electron chi connectivity index (χ1n) is 19.9. The van der Waals surface area contributed by atoms with Crippen molar-refractivity contribution in [2.24, 2.45) is 0 Å². The molecule has 1 fully saturated rings. The molecule has 2 aromatic heterocycles. The molecule has 11 heteroatoms. The molecule has 1 unspecified atom stereocenters. The third kappa shape index (κ3) is 14.4. The monoisotopic (exact) mass is 704 g/mol. The van der Waals surface area contributed by atoms with E-state index in [-0.39, 0.29) is 48.6 Å². The fourth-order valence-electron chi connectivity index (χ4n) is 6.92. The van der Waals surface area contributed by atoms with E-state index in [1.54, 1.807) is 11.5 Å². The Morgan fingerprint density at radius 1 is 0.800 bits per heavy atom. The summed E-state index contributed by atoms with van der Waals surface area (Å²) in [4.78, 5) is 37.7. The number of ether oxygens (including phenoxy) is 3. The molecule has 1 saturated heterocycles. The lowest BCUT2D eigenvalue weighted by Crippen LogP contribution is -2.46. The summed E-state index contributed by atoms with van der Waals surface area (Å²) < 4.78 is 33.8. The van der Waals surface area contributed by atoms with Crippen molar-refractivity contribution in [2.45, 2.75) is 193 Å². The number of hydrogen-bond donors (Lipinski definition) is 1. The Morgan fingerprint density at radius 2 is 1.28 bits per heavy atom. The number of nitrogens with zero attached hydrogens (tertiary/aromatic N) is 4. The number of nitrogens with two attached hydrogens (primary N) is 1. The van der Waals surface area contributed by atoms with Gasteiger partial charge in [-0.05, 0) is 19.8 Å². The third-order valence-electron chi connectivity index (χ3n) is 10.1. The number of aromatic nitrogens is 4. The van der Waals surface area contributed by atoms with Gasteiger partial charge in [0.2, 0.25) is 0 Å². The molecule has 3 heterocycles. The van der Waals surface area contributed by atoms with Gasteiger partial charge in [0.1, 0.15) is 17.7 Å². The van der Waals surface area contributed by atoms with E-state index in [4.69, 9.17) is 19.9 Å². The highest BCUT2D eigenvalue weighted by Crippen LogP contribution is 2.38. The predicted molar refractivity (Wildman–Crippen MR) is 196 cm³/mol. The van der Waals surface area contributed by atoms with Gasteiger partial charge < -0.3 is 24.5 Å². The molecule has 0 saturated carbocycles. The van der Waals surface area contributed by atoms with Gasteiger partial charge in [0, 0.05) is 12.8 Å². The second kappa shape index (κ2) is 23.6. The molecule has 1 aliphatic heterocycles. The van der Waals surface area contributed by atoms with Crippen LogP contribution < -0.4 is 5.73 Å². The van der Waals surface area contributed by atoms with Gasteiger partial charge in [-0.3, -0.25) is 9.59 Å². The van der Waals surface area contributed by atoms with Crippen molar-refractivity contribution in [3.8, 4) is 0 Å². The zero-order valence-corrected chi connectivity index (χ0v) is 31.4. The molecule has 0 aromatic carbocycles. The molecule has 284 valence electrons. The Hall–Kier alpha value is -2.82. The lowest BCUT2D eigenvalue weighted by Gasteiger charge is -2.31. The summed E-state index contributed by atoms with van der Waals surface area (Å²) in [5.41, 5.74) is 5.24. The number of hydrogen-bond acceptors (Lipinski definition) is 9. The van der Waals surface area contributed by atoms with Crippen LogP contribution in [0.4, 0.5) is 10.2 Å². The lowest BCUT2D eigenvalue weighted by molar-refractivity contribution is -0.169. The SMILES string of the molecule is CCCCCCCCCCCCCC(=O)OC[C@@]1(C)OCC(n2cnc3c(N)nc(F)nc32)[C@@H]1OC(=O)CCCCCCCCCCCCC. The molecule has 1 aliphatic rings. The molecule has 2 aromatic rings. The highest BCUT2D eigenvalue weighted by molar-refractivity contribution is 5.81. The zero-order valence-electron chi connectivity index (χ0n) is 31.4. The van der Waals surface area contributed by atoms with E-state index in [2.05, 4.69) is 28.8 Å². The fraction of sp³-hybridized carbons (Fsp3) is 0.821. The van der Waals surface area contributed by atoms with Crippen LogP contribution in [-0.2, 0) is 23.8 Å². The summed E-state index contributed by atoms with van der Waals surface area (Å²) in [6.45, 7) is 6.31. The molecule has 0 bridgehead atoms. The number of imidazole rings is 1. The summed E-state index contributed by atoms with van der Waals surface area (Å²) in [5, 5.41) is 0. The molecule has 0 aliphatic carbocycles. The molecule has 3 rings (SSSR count). The van der Waals surface area contributed by atoms with Crippen molar-refractivity contribution in [3.05, 3.63) is 12.4 Å². The number of anilines is 1. The second-order valence-electron chi connectivity index (χ2n) is 14.5. The molecule has 3 atom stereocenters. The van der Waals surface area contributed by atoms with Crippen molar-refractivity contribution in [1.82, 2.24) is 19.5 Å². The first-order chi connectivity index (χ1) is 24.3. The van der Waals surface area contributed by atoms with Crippen molar-refractivity contribution in [2.75, 3.05) is 18.9 Å². The van der Waals surface area contributed by atoms with Crippen LogP contribution in [0.5, 0.6) is 0 Å². The molecular weight excluding hydrogens is 637 g/mol. The first-order valence-corrected chi connectivity index (χ1v) is 19.9. The Balaban J connectivity index is 1.48. The number of carbonyl (C=O) groups is 2. The van der Waals surface area contributed by atoms with Gasteiger partial charge in [0.15, 0.2) is 17.6 Å². The standard InChI is InChI=1S/C39H66FN5O5/c1-4-6-8-10-12-14-16-18-20-22-24-26-32(46)48-29-39(3)35(50-33(47)27-25-23-21-19-17-15-13-11-9-7-5-2)31(28-49-39)45-30-42-34-36(41)43-38(40)44-37(34)45/h30-31,35H,4-29H2,1-3H3,(H2,41,43,44)/t31?,35-,39+/m0/s1. The van der Waals surface area contributed by atoms with Crippen LogP contribution in [0.3, 0.4) is 0 Å². The third-order valence-corrected chi connectivity index (χ3v) is 10.1. The average Bonchev–Trinajstić information content (AvgIpc) is 3.65. The van der Waals surface area contributed by atoms with Gasteiger partial charge in [-0.2, -0.15) is 14.4 Å².